The van der Waals surface area contributed by atoms with Crippen molar-refractivity contribution in [1.29, 1.82) is 5.26 Å². The lowest BCUT2D eigenvalue weighted by Crippen LogP contribution is -2.56. The van der Waals surface area contributed by atoms with Gasteiger partial charge in [0.1, 0.15) is 6.07 Å². The Bertz CT molecular complexity index is 1150. The van der Waals surface area contributed by atoms with Crippen molar-refractivity contribution in [2.45, 2.75) is 18.3 Å². The number of aromatic nitrogens is 1. The van der Waals surface area contributed by atoms with Gasteiger partial charge in [-0.25, -0.2) is 0 Å². The van der Waals surface area contributed by atoms with Crippen LogP contribution >= 0.6 is 11.6 Å². The lowest BCUT2D eigenvalue weighted by Gasteiger charge is -2.43. The monoisotopic (exact) mass is 466 g/mol. The first-order valence-electron chi connectivity index (χ1n) is 10.9. The van der Waals surface area contributed by atoms with E-state index in [4.69, 9.17) is 25.2 Å². The minimum absolute atomic E-state index is 0.113. The van der Waals surface area contributed by atoms with Gasteiger partial charge in [0.05, 0.1) is 11.7 Å². The van der Waals surface area contributed by atoms with Gasteiger partial charge in [-0.1, -0.05) is 23.7 Å². The fraction of sp³-hybridized carbons (Fsp3) is 0.375. The van der Waals surface area contributed by atoms with Crippen LogP contribution in [-0.2, 0) is 14.9 Å². The SMILES string of the molecule is N#Cc1nc(-c2ccco2)oc1N1CCN(C(=O)C2(c3ccc(Cl)cc3)CCOCC2)CC1. The van der Waals surface area contributed by atoms with Crippen LogP contribution in [-0.4, -0.2) is 55.2 Å². The third kappa shape index (κ3) is 3.99. The highest BCUT2D eigenvalue weighted by Gasteiger charge is 2.44. The number of nitriles is 1. The summed E-state index contributed by atoms with van der Waals surface area (Å²) in [6.45, 7) is 3.23. The predicted octanol–water partition coefficient (Wildman–Crippen LogP) is 3.86. The molecule has 0 atom stereocenters. The van der Waals surface area contributed by atoms with Crippen LogP contribution in [0, 0.1) is 11.3 Å². The lowest BCUT2D eigenvalue weighted by molar-refractivity contribution is -0.141. The van der Waals surface area contributed by atoms with Crippen molar-refractivity contribution >= 4 is 23.4 Å². The first kappa shape index (κ1) is 21.6. The highest BCUT2D eigenvalue weighted by atomic mass is 35.5. The van der Waals surface area contributed by atoms with Gasteiger partial charge in [0.25, 0.3) is 5.89 Å². The van der Waals surface area contributed by atoms with E-state index in [0.717, 1.165) is 5.56 Å². The molecule has 0 bridgehead atoms. The average molecular weight is 467 g/mol. The largest absolute Gasteiger partial charge is 0.459 e. The highest BCUT2D eigenvalue weighted by molar-refractivity contribution is 6.30. The number of nitrogens with zero attached hydrogens (tertiary/aromatic N) is 4. The zero-order valence-electron chi connectivity index (χ0n) is 18.0. The number of hydrogen-bond donors (Lipinski definition) is 0. The number of hydrogen-bond acceptors (Lipinski definition) is 7. The van der Waals surface area contributed by atoms with E-state index in [1.165, 1.54) is 6.26 Å². The molecule has 0 aliphatic carbocycles. The minimum Gasteiger partial charge on any atom is -0.459 e. The molecule has 2 aromatic heterocycles. The zero-order valence-corrected chi connectivity index (χ0v) is 18.8. The number of furan rings is 1. The van der Waals surface area contributed by atoms with Crippen LogP contribution in [0.5, 0.6) is 0 Å². The third-order valence-corrected chi connectivity index (χ3v) is 6.71. The first-order valence-corrected chi connectivity index (χ1v) is 11.3. The molecule has 8 nitrogen and oxygen atoms in total. The van der Waals surface area contributed by atoms with Gasteiger partial charge >= 0.3 is 0 Å². The molecule has 0 spiro atoms. The second kappa shape index (κ2) is 8.93. The van der Waals surface area contributed by atoms with Crippen LogP contribution in [0.2, 0.25) is 5.02 Å². The molecule has 0 saturated carbocycles. The summed E-state index contributed by atoms with van der Waals surface area (Å²) in [4.78, 5) is 21.9. The third-order valence-electron chi connectivity index (χ3n) is 6.45. The van der Waals surface area contributed by atoms with E-state index in [0.29, 0.717) is 68.9 Å². The van der Waals surface area contributed by atoms with Gasteiger partial charge in [-0.05, 0) is 42.7 Å². The van der Waals surface area contributed by atoms with Crippen LogP contribution in [0.3, 0.4) is 0 Å². The van der Waals surface area contributed by atoms with Gasteiger partial charge in [-0.2, -0.15) is 10.2 Å². The maximum Gasteiger partial charge on any atom is 0.266 e. The summed E-state index contributed by atoms with van der Waals surface area (Å²) in [7, 11) is 0. The minimum atomic E-state index is -0.610. The van der Waals surface area contributed by atoms with E-state index in [9.17, 15) is 10.1 Å². The number of carbonyl (C=O) groups excluding carboxylic acids is 1. The fourth-order valence-corrected chi connectivity index (χ4v) is 4.76. The second-order valence-corrected chi connectivity index (χ2v) is 8.68. The topological polar surface area (TPSA) is 95.7 Å². The first-order chi connectivity index (χ1) is 16.1. The summed E-state index contributed by atoms with van der Waals surface area (Å²) in [5.41, 5.74) is 0.581. The van der Waals surface area contributed by atoms with Gasteiger partial charge in [-0.3, -0.25) is 4.79 Å². The van der Waals surface area contributed by atoms with Crippen LogP contribution in [0.1, 0.15) is 24.1 Å². The van der Waals surface area contributed by atoms with Crippen molar-refractivity contribution in [2.75, 3.05) is 44.3 Å². The van der Waals surface area contributed by atoms with Crippen molar-refractivity contribution in [3.63, 3.8) is 0 Å². The smallest absolute Gasteiger partial charge is 0.266 e. The number of ether oxygens (including phenoxy) is 1. The Hall–Kier alpha value is -3.28. The summed E-state index contributed by atoms with van der Waals surface area (Å²) in [5, 5.41) is 10.2. The van der Waals surface area contributed by atoms with E-state index in [-0.39, 0.29) is 17.5 Å². The van der Waals surface area contributed by atoms with Gasteiger partial charge in [-0.15, -0.1) is 0 Å². The molecular formula is C24H23ClN4O4. The molecule has 9 heteroatoms. The second-order valence-electron chi connectivity index (χ2n) is 8.24. The number of rotatable bonds is 4. The molecule has 3 aromatic rings. The predicted molar refractivity (Wildman–Crippen MR) is 121 cm³/mol. The summed E-state index contributed by atoms with van der Waals surface area (Å²) < 4.78 is 16.8. The fourth-order valence-electron chi connectivity index (χ4n) is 4.63. The number of anilines is 1. The molecule has 33 heavy (non-hydrogen) atoms. The Morgan fingerprint density at radius 1 is 1.09 bits per heavy atom. The molecule has 2 aliphatic rings. The summed E-state index contributed by atoms with van der Waals surface area (Å²) in [6.07, 6.45) is 2.81. The molecule has 1 amide bonds. The van der Waals surface area contributed by atoms with Crippen molar-refractivity contribution in [2.24, 2.45) is 0 Å². The molecule has 0 radical (unpaired) electrons. The molecule has 170 valence electrons. The zero-order chi connectivity index (χ0) is 22.8. The summed E-state index contributed by atoms with van der Waals surface area (Å²) in [5.74, 6) is 1.27. The van der Waals surface area contributed by atoms with Crippen LogP contribution in [0.25, 0.3) is 11.7 Å². The highest BCUT2D eigenvalue weighted by Crippen LogP contribution is 2.38. The molecular weight excluding hydrogens is 444 g/mol. The Kier molecular flexibility index (Phi) is 5.83. The van der Waals surface area contributed by atoms with E-state index < -0.39 is 5.41 Å². The maximum absolute atomic E-state index is 13.8. The molecule has 0 N–H and O–H groups in total. The Balaban J connectivity index is 1.34. The number of benzene rings is 1. The summed E-state index contributed by atoms with van der Waals surface area (Å²) >= 11 is 6.09. The van der Waals surface area contributed by atoms with Gasteiger partial charge in [0.15, 0.2) is 5.76 Å². The van der Waals surface area contributed by atoms with Crippen molar-refractivity contribution < 1.29 is 18.4 Å². The van der Waals surface area contributed by atoms with Gasteiger partial charge in [0, 0.05) is 44.4 Å². The molecule has 2 fully saturated rings. The van der Waals surface area contributed by atoms with E-state index in [1.807, 2.05) is 34.1 Å². The molecule has 1 aromatic carbocycles. The van der Waals surface area contributed by atoms with Crippen molar-refractivity contribution in [1.82, 2.24) is 9.88 Å². The van der Waals surface area contributed by atoms with E-state index in [2.05, 4.69) is 11.1 Å². The van der Waals surface area contributed by atoms with Crippen molar-refractivity contribution in [3.8, 4) is 17.7 Å². The van der Waals surface area contributed by atoms with Gasteiger partial charge < -0.3 is 23.4 Å². The summed E-state index contributed by atoms with van der Waals surface area (Å²) in [6, 6.07) is 13.1. The number of halogens is 1. The van der Waals surface area contributed by atoms with E-state index in [1.54, 1.807) is 12.1 Å². The number of carbonyl (C=O) groups is 1. The lowest BCUT2D eigenvalue weighted by atomic mass is 9.73. The Morgan fingerprint density at radius 3 is 2.45 bits per heavy atom. The number of piperazine rings is 1. The Morgan fingerprint density at radius 2 is 1.82 bits per heavy atom. The standard InChI is InChI=1S/C24H23ClN4O4/c25-18-5-3-17(4-6-18)24(7-14-31-15-8-24)23(30)29-11-9-28(10-12-29)22-19(16-26)27-21(33-22)20-2-1-13-32-20/h1-6,13H,7-12,14-15H2. The Labute approximate surface area is 196 Å². The quantitative estimate of drug-likeness (QED) is 0.576. The average Bonchev–Trinajstić information content (AvgIpc) is 3.55. The molecule has 2 aliphatic heterocycles. The van der Waals surface area contributed by atoms with Crippen LogP contribution in [0.4, 0.5) is 5.88 Å². The maximum atomic E-state index is 13.8. The molecule has 0 unspecified atom stereocenters. The number of oxazole rings is 1. The van der Waals surface area contributed by atoms with Crippen LogP contribution < -0.4 is 4.90 Å². The molecule has 5 rings (SSSR count). The normalized spacial score (nSPS) is 18.2. The molecule has 2 saturated heterocycles. The molecule has 4 heterocycles. The van der Waals surface area contributed by atoms with Gasteiger partial charge in [0.2, 0.25) is 17.5 Å². The number of amides is 1. The van der Waals surface area contributed by atoms with Crippen molar-refractivity contribution in [3.05, 3.63) is 58.9 Å². The van der Waals surface area contributed by atoms with Crippen LogP contribution in [0.15, 0.2) is 51.5 Å². The van der Waals surface area contributed by atoms with E-state index >= 15 is 0 Å².